The summed E-state index contributed by atoms with van der Waals surface area (Å²) in [5, 5.41) is 0.414. The maximum Gasteiger partial charge on any atom is 0.410 e. The summed E-state index contributed by atoms with van der Waals surface area (Å²) >= 11 is 6.22. The van der Waals surface area contributed by atoms with Crippen molar-refractivity contribution in [2.24, 2.45) is 0 Å². The van der Waals surface area contributed by atoms with Gasteiger partial charge in [0.25, 0.3) is 6.01 Å². The van der Waals surface area contributed by atoms with Crippen LogP contribution in [0, 0.1) is 0 Å². The van der Waals surface area contributed by atoms with E-state index in [0.29, 0.717) is 47.3 Å². The molecule has 9 heteroatoms. The van der Waals surface area contributed by atoms with Gasteiger partial charge in [-0.1, -0.05) is 11.6 Å². The molecule has 1 saturated heterocycles. The average Bonchev–Trinajstić information content (AvgIpc) is 3.07. The van der Waals surface area contributed by atoms with Crippen LogP contribution in [0.2, 0.25) is 5.02 Å². The average molecular weight is 449 g/mol. The molecule has 8 nitrogen and oxygen atoms in total. The summed E-state index contributed by atoms with van der Waals surface area (Å²) in [5.74, 6) is -0.216. The highest BCUT2D eigenvalue weighted by Gasteiger charge is 2.32. The van der Waals surface area contributed by atoms with E-state index < -0.39 is 5.60 Å². The molecular formula is C22H29ClN4O4. The Morgan fingerprint density at radius 2 is 2.00 bits per heavy atom. The van der Waals surface area contributed by atoms with Gasteiger partial charge in [-0.3, -0.25) is 4.79 Å². The molecule has 31 heavy (non-hydrogen) atoms. The van der Waals surface area contributed by atoms with Crippen LogP contribution < -0.4 is 4.90 Å². The van der Waals surface area contributed by atoms with Crippen LogP contribution in [0.15, 0.2) is 28.8 Å². The molecule has 0 saturated carbocycles. The molecule has 0 N–H and O–H groups in total. The number of allylic oxidation sites excluding steroid dienone is 1. The molecule has 3 rings (SSSR count). The zero-order valence-electron chi connectivity index (χ0n) is 18.8. The molecule has 1 aromatic heterocycles. The predicted molar refractivity (Wildman–Crippen MR) is 121 cm³/mol. The quantitative estimate of drug-likeness (QED) is 0.512. The molecule has 1 atom stereocenters. The summed E-state index contributed by atoms with van der Waals surface area (Å²) < 4.78 is 11.5. The molecule has 2 heterocycles. The number of halogens is 1. The van der Waals surface area contributed by atoms with Gasteiger partial charge in [0.05, 0.1) is 5.56 Å². The third-order valence-corrected chi connectivity index (χ3v) is 4.98. The van der Waals surface area contributed by atoms with E-state index in [4.69, 9.17) is 20.8 Å². The number of aromatic nitrogens is 1. The second kappa shape index (κ2) is 8.78. The number of amides is 1. The van der Waals surface area contributed by atoms with E-state index in [1.54, 1.807) is 28.1 Å². The van der Waals surface area contributed by atoms with Crippen molar-refractivity contribution in [3.05, 3.63) is 35.0 Å². The first-order valence-corrected chi connectivity index (χ1v) is 10.6. The summed E-state index contributed by atoms with van der Waals surface area (Å²) in [6.07, 6.45) is 2.81. The van der Waals surface area contributed by atoms with Crippen LogP contribution in [-0.4, -0.2) is 72.0 Å². The number of ketones is 1. The van der Waals surface area contributed by atoms with Crippen molar-refractivity contribution in [1.82, 2.24) is 14.8 Å². The number of piperazine rings is 1. The monoisotopic (exact) mass is 448 g/mol. The Bertz CT molecular complexity index is 1010. The van der Waals surface area contributed by atoms with Gasteiger partial charge >= 0.3 is 6.09 Å². The summed E-state index contributed by atoms with van der Waals surface area (Å²) in [7, 11) is 3.67. The zero-order chi connectivity index (χ0) is 22.9. The lowest BCUT2D eigenvalue weighted by Gasteiger charge is -2.39. The number of oxazole rings is 1. The molecule has 2 aromatic rings. The van der Waals surface area contributed by atoms with Crippen molar-refractivity contribution in [3.63, 3.8) is 0 Å². The number of carbonyl (C=O) groups is 2. The van der Waals surface area contributed by atoms with Crippen LogP contribution in [-0.2, 0) is 4.74 Å². The van der Waals surface area contributed by atoms with Crippen molar-refractivity contribution in [1.29, 1.82) is 0 Å². The lowest BCUT2D eigenvalue weighted by Crippen LogP contribution is -2.54. The number of fused-ring (bicyclic) bond motifs is 1. The SMILES string of the molecule is CC1CN(C(=O)OC(C)(C)C)CCN1c1nc2cc(Cl)cc(C(=O)C=CN(C)C)c2o1. The first kappa shape index (κ1) is 22.9. The zero-order valence-corrected chi connectivity index (χ0v) is 19.6. The number of anilines is 1. The predicted octanol–water partition coefficient (Wildman–Crippen LogP) is 4.18. The highest BCUT2D eigenvalue weighted by Crippen LogP contribution is 2.30. The van der Waals surface area contributed by atoms with Gasteiger partial charge in [-0.15, -0.1) is 0 Å². The van der Waals surface area contributed by atoms with Gasteiger partial charge in [-0.05, 0) is 39.8 Å². The molecule has 168 valence electrons. The molecular weight excluding hydrogens is 420 g/mol. The summed E-state index contributed by atoms with van der Waals surface area (Å²) in [5.41, 5.74) is 0.737. The minimum atomic E-state index is -0.541. The molecule has 1 unspecified atom stereocenters. The number of ether oxygens (including phenoxy) is 1. The van der Waals surface area contributed by atoms with E-state index in [1.165, 1.54) is 6.08 Å². The van der Waals surface area contributed by atoms with E-state index in [0.717, 1.165) is 0 Å². The third kappa shape index (κ3) is 5.50. The number of hydrogen-bond donors (Lipinski definition) is 0. The highest BCUT2D eigenvalue weighted by atomic mass is 35.5. The van der Waals surface area contributed by atoms with Crippen LogP contribution in [0.25, 0.3) is 11.1 Å². The Hall–Kier alpha value is -2.74. The summed E-state index contributed by atoms with van der Waals surface area (Å²) in [6.45, 7) is 9.03. The Kier molecular flexibility index (Phi) is 6.50. The fraction of sp³-hybridized carbons (Fsp3) is 0.500. The van der Waals surface area contributed by atoms with E-state index in [9.17, 15) is 9.59 Å². The molecule has 1 fully saturated rings. The van der Waals surface area contributed by atoms with Gasteiger partial charge in [-0.2, -0.15) is 4.98 Å². The third-order valence-electron chi connectivity index (χ3n) is 4.76. The number of benzene rings is 1. The maximum absolute atomic E-state index is 12.7. The number of nitrogens with zero attached hydrogens (tertiary/aromatic N) is 4. The van der Waals surface area contributed by atoms with E-state index >= 15 is 0 Å². The van der Waals surface area contributed by atoms with Crippen LogP contribution in [0.1, 0.15) is 38.1 Å². The second-order valence-electron chi connectivity index (χ2n) is 8.91. The van der Waals surface area contributed by atoms with Gasteiger partial charge in [-0.25, -0.2) is 4.79 Å². The summed E-state index contributed by atoms with van der Waals surface area (Å²) in [4.78, 5) is 35.1. The Morgan fingerprint density at radius 3 is 2.61 bits per heavy atom. The second-order valence-corrected chi connectivity index (χ2v) is 9.35. The molecule has 0 bridgehead atoms. The summed E-state index contributed by atoms with van der Waals surface area (Å²) in [6, 6.07) is 3.63. The molecule has 0 radical (unpaired) electrons. The van der Waals surface area contributed by atoms with Gasteiger partial charge in [0.15, 0.2) is 11.4 Å². The first-order chi connectivity index (χ1) is 14.4. The fourth-order valence-corrected chi connectivity index (χ4v) is 3.55. The van der Waals surface area contributed by atoms with Gasteiger partial charge in [0.2, 0.25) is 0 Å². The molecule has 1 amide bonds. The molecule has 1 aromatic carbocycles. The topological polar surface area (TPSA) is 79.1 Å². The van der Waals surface area contributed by atoms with Crippen LogP contribution in [0.5, 0.6) is 0 Å². The van der Waals surface area contributed by atoms with Crippen molar-refractivity contribution in [2.75, 3.05) is 38.6 Å². The number of carbonyl (C=O) groups excluding carboxylic acids is 2. The molecule has 0 spiro atoms. The fourth-order valence-electron chi connectivity index (χ4n) is 3.33. The molecule has 1 aliphatic heterocycles. The van der Waals surface area contributed by atoms with E-state index in [1.807, 2.05) is 46.7 Å². The number of rotatable bonds is 4. The van der Waals surface area contributed by atoms with Crippen LogP contribution in [0.4, 0.5) is 10.8 Å². The standard InChI is InChI=1S/C22H29ClN4O4/c1-14-13-26(21(29)31-22(2,3)4)9-10-27(14)20-24-17-12-15(23)11-16(19(17)30-20)18(28)7-8-25(5)6/h7-8,11-12,14H,9-10,13H2,1-6H3. The van der Waals surface area contributed by atoms with Gasteiger partial charge < -0.3 is 23.9 Å². The van der Waals surface area contributed by atoms with Crippen LogP contribution >= 0.6 is 11.6 Å². The molecule has 0 aliphatic carbocycles. The maximum atomic E-state index is 12.7. The minimum absolute atomic E-state index is 0.0439. The highest BCUT2D eigenvalue weighted by molar-refractivity contribution is 6.32. The lowest BCUT2D eigenvalue weighted by atomic mass is 10.1. The van der Waals surface area contributed by atoms with Crippen LogP contribution in [0.3, 0.4) is 0 Å². The van der Waals surface area contributed by atoms with Crippen molar-refractivity contribution < 1.29 is 18.7 Å². The molecule has 1 aliphatic rings. The lowest BCUT2D eigenvalue weighted by molar-refractivity contribution is 0.0216. The Balaban J connectivity index is 1.83. The van der Waals surface area contributed by atoms with Gasteiger partial charge in [0.1, 0.15) is 11.1 Å². The normalized spacial score (nSPS) is 17.5. The number of hydrogen-bond acceptors (Lipinski definition) is 7. The minimum Gasteiger partial charge on any atom is -0.444 e. The Morgan fingerprint density at radius 1 is 1.29 bits per heavy atom. The Labute approximate surface area is 187 Å². The van der Waals surface area contributed by atoms with Crippen molar-refractivity contribution in [2.45, 2.75) is 39.3 Å². The van der Waals surface area contributed by atoms with Crippen molar-refractivity contribution in [3.8, 4) is 0 Å². The van der Waals surface area contributed by atoms with Crippen molar-refractivity contribution >= 4 is 40.6 Å². The van der Waals surface area contributed by atoms with E-state index in [-0.39, 0.29) is 17.9 Å². The van der Waals surface area contributed by atoms with Gasteiger partial charge in [0, 0.05) is 57.1 Å². The smallest absolute Gasteiger partial charge is 0.410 e. The largest absolute Gasteiger partial charge is 0.444 e. The van der Waals surface area contributed by atoms with E-state index in [2.05, 4.69) is 4.98 Å². The first-order valence-electron chi connectivity index (χ1n) is 10.2.